The van der Waals surface area contributed by atoms with E-state index in [-0.39, 0.29) is 12.2 Å². The highest BCUT2D eigenvalue weighted by Gasteiger charge is 2.14. The Morgan fingerprint density at radius 1 is 1.52 bits per heavy atom. The first kappa shape index (κ1) is 15.9. The highest BCUT2D eigenvalue weighted by molar-refractivity contribution is 9.10. The predicted molar refractivity (Wildman–Crippen MR) is 83.0 cm³/mol. The van der Waals surface area contributed by atoms with Crippen LogP contribution in [-0.4, -0.2) is 20.9 Å². The van der Waals surface area contributed by atoms with Crippen molar-refractivity contribution in [2.24, 2.45) is 7.05 Å². The standard InChI is InChI=1S/C14H14BrClN2O3/c1-3-10-13(16)11(18(2)17-10)7-21-12-5-4-8(14(19)20)6-9(12)15/h4-6H,3,7H2,1-2H3,(H,19,20). The van der Waals surface area contributed by atoms with E-state index in [1.807, 2.05) is 14.0 Å². The minimum atomic E-state index is -0.982. The van der Waals surface area contributed by atoms with Gasteiger partial charge in [-0.25, -0.2) is 4.79 Å². The quantitative estimate of drug-likeness (QED) is 0.868. The molecule has 0 aliphatic heterocycles. The van der Waals surface area contributed by atoms with E-state index in [4.69, 9.17) is 21.4 Å². The Balaban J connectivity index is 2.17. The summed E-state index contributed by atoms with van der Waals surface area (Å²) in [4.78, 5) is 10.9. The van der Waals surface area contributed by atoms with Gasteiger partial charge in [-0.1, -0.05) is 18.5 Å². The number of nitrogens with zero attached hydrogens (tertiary/aromatic N) is 2. The van der Waals surface area contributed by atoms with Gasteiger partial charge in [0, 0.05) is 7.05 Å². The van der Waals surface area contributed by atoms with Gasteiger partial charge in [-0.2, -0.15) is 5.10 Å². The molecule has 2 aromatic rings. The van der Waals surface area contributed by atoms with Gasteiger partial charge < -0.3 is 9.84 Å². The van der Waals surface area contributed by atoms with Crippen LogP contribution < -0.4 is 4.74 Å². The fraction of sp³-hybridized carbons (Fsp3) is 0.286. The molecule has 0 radical (unpaired) electrons. The molecule has 1 N–H and O–H groups in total. The van der Waals surface area contributed by atoms with Gasteiger partial charge >= 0.3 is 5.97 Å². The zero-order valence-electron chi connectivity index (χ0n) is 11.6. The summed E-state index contributed by atoms with van der Waals surface area (Å²) >= 11 is 9.55. The molecular formula is C14H14BrClN2O3. The minimum Gasteiger partial charge on any atom is -0.486 e. The number of ether oxygens (including phenoxy) is 1. The molecule has 0 spiro atoms. The van der Waals surface area contributed by atoms with Crippen LogP contribution in [0.5, 0.6) is 5.75 Å². The maximum Gasteiger partial charge on any atom is 0.335 e. The molecule has 112 valence electrons. The first-order valence-electron chi connectivity index (χ1n) is 6.30. The van der Waals surface area contributed by atoms with Gasteiger partial charge in [-0.05, 0) is 40.5 Å². The topological polar surface area (TPSA) is 64.4 Å². The molecule has 0 fully saturated rings. The Morgan fingerprint density at radius 2 is 2.24 bits per heavy atom. The average molecular weight is 374 g/mol. The lowest BCUT2D eigenvalue weighted by Gasteiger charge is -2.09. The molecule has 1 aromatic heterocycles. The van der Waals surface area contributed by atoms with Crippen molar-refractivity contribution in [3.05, 3.63) is 44.6 Å². The zero-order valence-corrected chi connectivity index (χ0v) is 13.9. The predicted octanol–water partition coefficient (Wildman–Crippen LogP) is 3.68. The van der Waals surface area contributed by atoms with Crippen molar-refractivity contribution in [1.29, 1.82) is 0 Å². The van der Waals surface area contributed by atoms with Crippen molar-refractivity contribution < 1.29 is 14.6 Å². The van der Waals surface area contributed by atoms with Crippen molar-refractivity contribution in [2.45, 2.75) is 20.0 Å². The number of aromatic carboxylic acids is 1. The van der Waals surface area contributed by atoms with E-state index < -0.39 is 5.97 Å². The number of benzene rings is 1. The SMILES string of the molecule is CCc1nn(C)c(COc2ccc(C(=O)O)cc2Br)c1Cl. The van der Waals surface area contributed by atoms with E-state index in [1.54, 1.807) is 10.7 Å². The second kappa shape index (κ2) is 6.49. The van der Waals surface area contributed by atoms with E-state index in [2.05, 4.69) is 21.0 Å². The van der Waals surface area contributed by atoms with Crippen LogP contribution in [0.15, 0.2) is 22.7 Å². The third-order valence-electron chi connectivity index (χ3n) is 3.05. The highest BCUT2D eigenvalue weighted by Crippen LogP contribution is 2.28. The van der Waals surface area contributed by atoms with Crippen LogP contribution in [0, 0.1) is 0 Å². The number of aryl methyl sites for hydroxylation is 2. The molecule has 2 rings (SSSR count). The van der Waals surface area contributed by atoms with Gasteiger partial charge in [0.2, 0.25) is 0 Å². The lowest BCUT2D eigenvalue weighted by molar-refractivity contribution is 0.0696. The highest BCUT2D eigenvalue weighted by atomic mass is 79.9. The number of halogens is 2. The monoisotopic (exact) mass is 372 g/mol. The largest absolute Gasteiger partial charge is 0.486 e. The fourth-order valence-corrected chi connectivity index (χ4v) is 2.72. The maximum atomic E-state index is 10.9. The molecule has 0 saturated heterocycles. The fourth-order valence-electron chi connectivity index (χ4n) is 1.87. The summed E-state index contributed by atoms with van der Waals surface area (Å²) in [5.74, 6) is -0.431. The molecule has 0 amide bonds. The Labute approximate surface area is 135 Å². The normalized spacial score (nSPS) is 10.7. The van der Waals surface area contributed by atoms with E-state index in [1.165, 1.54) is 12.1 Å². The summed E-state index contributed by atoms with van der Waals surface area (Å²) in [6, 6.07) is 4.60. The molecule has 7 heteroatoms. The number of carboxylic acid groups (broad SMARTS) is 1. The number of carboxylic acids is 1. The van der Waals surface area contributed by atoms with Crippen molar-refractivity contribution >= 4 is 33.5 Å². The molecule has 0 aliphatic rings. The summed E-state index contributed by atoms with van der Waals surface area (Å²) in [6.45, 7) is 2.24. The Kier molecular flexibility index (Phi) is 4.90. The molecule has 0 saturated carbocycles. The van der Waals surface area contributed by atoms with E-state index >= 15 is 0 Å². The van der Waals surface area contributed by atoms with Gasteiger partial charge in [0.1, 0.15) is 12.4 Å². The van der Waals surface area contributed by atoms with Crippen LogP contribution in [-0.2, 0) is 20.1 Å². The number of aromatic nitrogens is 2. The second-order valence-electron chi connectivity index (χ2n) is 4.42. The number of hydrogen-bond acceptors (Lipinski definition) is 3. The smallest absolute Gasteiger partial charge is 0.335 e. The summed E-state index contributed by atoms with van der Waals surface area (Å²) in [7, 11) is 1.81. The van der Waals surface area contributed by atoms with Gasteiger partial charge in [0.15, 0.2) is 0 Å². The first-order valence-corrected chi connectivity index (χ1v) is 7.47. The molecule has 21 heavy (non-hydrogen) atoms. The Bertz CT molecular complexity index is 685. The van der Waals surface area contributed by atoms with Gasteiger partial charge in [0.05, 0.1) is 26.4 Å². The van der Waals surface area contributed by atoms with Gasteiger partial charge in [-0.15, -0.1) is 0 Å². The third-order valence-corrected chi connectivity index (χ3v) is 4.10. The maximum absolute atomic E-state index is 10.9. The van der Waals surface area contributed by atoms with Crippen molar-refractivity contribution in [3.63, 3.8) is 0 Å². The van der Waals surface area contributed by atoms with Crippen LogP contribution >= 0.6 is 27.5 Å². The number of carbonyl (C=O) groups is 1. The summed E-state index contributed by atoms with van der Waals surface area (Å²) in [5, 5.41) is 13.8. The second-order valence-corrected chi connectivity index (χ2v) is 5.66. The van der Waals surface area contributed by atoms with Gasteiger partial charge in [-0.3, -0.25) is 4.68 Å². The number of rotatable bonds is 5. The van der Waals surface area contributed by atoms with Crippen molar-refractivity contribution in [2.75, 3.05) is 0 Å². The van der Waals surface area contributed by atoms with Crippen LogP contribution in [0.4, 0.5) is 0 Å². The summed E-state index contributed by atoms with van der Waals surface area (Å²) in [6.07, 6.45) is 0.754. The minimum absolute atomic E-state index is 0.195. The van der Waals surface area contributed by atoms with E-state index in [0.717, 1.165) is 17.8 Å². The molecule has 0 bridgehead atoms. The average Bonchev–Trinajstić information content (AvgIpc) is 2.72. The molecular weight excluding hydrogens is 360 g/mol. The Morgan fingerprint density at radius 3 is 2.76 bits per heavy atom. The van der Waals surface area contributed by atoms with Crippen molar-refractivity contribution in [3.8, 4) is 5.75 Å². The summed E-state index contributed by atoms with van der Waals surface area (Å²) in [5.41, 5.74) is 1.81. The van der Waals surface area contributed by atoms with E-state index in [9.17, 15) is 4.79 Å². The molecule has 0 aliphatic carbocycles. The molecule has 5 nitrogen and oxygen atoms in total. The van der Waals surface area contributed by atoms with Crippen LogP contribution in [0.1, 0.15) is 28.7 Å². The number of hydrogen-bond donors (Lipinski definition) is 1. The van der Waals surface area contributed by atoms with Gasteiger partial charge in [0.25, 0.3) is 0 Å². The summed E-state index contributed by atoms with van der Waals surface area (Å²) < 4.78 is 7.97. The zero-order chi connectivity index (χ0) is 15.6. The van der Waals surface area contributed by atoms with Crippen LogP contribution in [0.3, 0.4) is 0 Å². The molecule has 1 heterocycles. The van der Waals surface area contributed by atoms with Crippen molar-refractivity contribution in [1.82, 2.24) is 9.78 Å². The Hall–Kier alpha value is -1.53. The lowest BCUT2D eigenvalue weighted by atomic mass is 10.2. The van der Waals surface area contributed by atoms with E-state index in [0.29, 0.717) is 15.2 Å². The lowest BCUT2D eigenvalue weighted by Crippen LogP contribution is -2.04. The third kappa shape index (κ3) is 3.39. The van der Waals surface area contributed by atoms with Crippen LogP contribution in [0.2, 0.25) is 5.02 Å². The molecule has 0 unspecified atom stereocenters. The van der Waals surface area contributed by atoms with Crippen LogP contribution in [0.25, 0.3) is 0 Å². The molecule has 0 atom stereocenters. The molecule has 1 aromatic carbocycles. The first-order chi connectivity index (χ1) is 9.93.